The molecule has 0 fully saturated rings. The molecule has 1 N–H and O–H groups in total. The van der Waals surface area contributed by atoms with Gasteiger partial charge in [-0.3, -0.25) is 4.79 Å². The first-order valence-electron chi connectivity index (χ1n) is 10.1. The van der Waals surface area contributed by atoms with Crippen LogP contribution in [0.4, 0.5) is 5.69 Å². The van der Waals surface area contributed by atoms with Crippen LogP contribution in [0.5, 0.6) is 17.2 Å². The third-order valence-corrected chi connectivity index (χ3v) is 4.61. The van der Waals surface area contributed by atoms with Crippen molar-refractivity contribution >= 4 is 11.6 Å². The third-order valence-electron chi connectivity index (χ3n) is 4.61. The topological polar surface area (TPSA) is 87.8 Å². The van der Waals surface area contributed by atoms with Gasteiger partial charge in [0.05, 0.1) is 20.0 Å². The van der Waals surface area contributed by atoms with Crippen molar-refractivity contribution in [2.45, 2.75) is 13.2 Å². The molecule has 0 spiro atoms. The van der Waals surface area contributed by atoms with Crippen molar-refractivity contribution in [1.82, 2.24) is 9.55 Å². The van der Waals surface area contributed by atoms with Gasteiger partial charge in [0, 0.05) is 18.1 Å². The lowest BCUT2D eigenvalue weighted by Crippen LogP contribution is -2.11. The number of anilines is 1. The number of aromatic nitrogens is 2. The first-order valence-corrected chi connectivity index (χ1v) is 10.1. The van der Waals surface area contributed by atoms with Gasteiger partial charge >= 0.3 is 0 Å². The van der Waals surface area contributed by atoms with E-state index >= 15 is 0 Å². The molecule has 2 aromatic carbocycles. The van der Waals surface area contributed by atoms with Crippen molar-refractivity contribution in [2.75, 3.05) is 19.0 Å². The zero-order valence-corrected chi connectivity index (χ0v) is 17.6. The van der Waals surface area contributed by atoms with Gasteiger partial charge in [-0.2, -0.15) is 0 Å². The van der Waals surface area contributed by atoms with E-state index in [-0.39, 0.29) is 18.3 Å². The molecule has 0 atom stereocenters. The average Bonchev–Trinajstić information content (AvgIpc) is 3.51. The monoisotopic (exact) mass is 433 g/mol. The molecule has 164 valence electrons. The van der Waals surface area contributed by atoms with Crippen LogP contribution in [0.15, 0.2) is 83.8 Å². The number of hydrogen-bond acceptors (Lipinski definition) is 6. The molecule has 0 saturated carbocycles. The average molecular weight is 433 g/mol. The number of hydrogen-bond donors (Lipinski definition) is 1. The lowest BCUT2D eigenvalue weighted by atomic mass is 10.3. The second kappa shape index (κ2) is 10.2. The van der Waals surface area contributed by atoms with Crippen molar-refractivity contribution in [3.05, 3.63) is 90.9 Å². The summed E-state index contributed by atoms with van der Waals surface area (Å²) in [6.45, 7) is 1.41. The van der Waals surface area contributed by atoms with Crippen LogP contribution < -0.4 is 19.5 Å². The Morgan fingerprint density at radius 3 is 2.59 bits per heavy atom. The lowest BCUT2D eigenvalue weighted by Gasteiger charge is -2.09. The van der Waals surface area contributed by atoms with Gasteiger partial charge in [0.15, 0.2) is 17.3 Å². The molecule has 1 amide bonds. The molecule has 8 nitrogen and oxygen atoms in total. The maximum Gasteiger partial charge on any atom is 0.291 e. The Kier molecular flexibility index (Phi) is 6.72. The van der Waals surface area contributed by atoms with Gasteiger partial charge in [0.2, 0.25) is 0 Å². The van der Waals surface area contributed by atoms with Crippen LogP contribution in [0.25, 0.3) is 0 Å². The Morgan fingerprint density at radius 2 is 1.84 bits per heavy atom. The van der Waals surface area contributed by atoms with Gasteiger partial charge in [-0.05, 0) is 48.5 Å². The summed E-state index contributed by atoms with van der Waals surface area (Å²) in [7, 11) is 1.58. The number of para-hydroxylation sites is 2. The van der Waals surface area contributed by atoms with Gasteiger partial charge < -0.3 is 28.5 Å². The van der Waals surface area contributed by atoms with Crippen LogP contribution in [0.3, 0.4) is 0 Å². The minimum Gasteiger partial charge on any atom is -0.493 e. The predicted molar refractivity (Wildman–Crippen MR) is 118 cm³/mol. The van der Waals surface area contributed by atoms with Crippen molar-refractivity contribution in [2.24, 2.45) is 0 Å². The Hall–Kier alpha value is -4.20. The van der Waals surface area contributed by atoms with Crippen LogP contribution >= 0.6 is 0 Å². The molecular formula is C24H23N3O5. The Balaban J connectivity index is 1.27. The van der Waals surface area contributed by atoms with E-state index in [2.05, 4.69) is 10.3 Å². The number of nitrogens with one attached hydrogen (secondary N) is 1. The van der Waals surface area contributed by atoms with Crippen molar-refractivity contribution in [3.63, 3.8) is 0 Å². The number of furan rings is 1. The summed E-state index contributed by atoms with van der Waals surface area (Å²) in [5.74, 6) is 2.34. The van der Waals surface area contributed by atoms with E-state index in [9.17, 15) is 4.79 Å². The van der Waals surface area contributed by atoms with E-state index in [0.29, 0.717) is 36.1 Å². The second-order valence-electron chi connectivity index (χ2n) is 6.83. The quantitative estimate of drug-likeness (QED) is 0.399. The summed E-state index contributed by atoms with van der Waals surface area (Å²) in [6, 6.07) is 17.8. The van der Waals surface area contributed by atoms with E-state index in [1.165, 1.54) is 0 Å². The van der Waals surface area contributed by atoms with Gasteiger partial charge in [0.1, 0.15) is 24.7 Å². The molecule has 4 rings (SSSR count). The molecule has 2 heterocycles. The van der Waals surface area contributed by atoms with Crippen LogP contribution in [-0.2, 0) is 13.2 Å². The molecule has 0 aliphatic heterocycles. The maximum atomic E-state index is 12.5. The summed E-state index contributed by atoms with van der Waals surface area (Å²) in [5, 5.41) is 2.81. The fourth-order valence-electron chi connectivity index (χ4n) is 2.98. The number of benzene rings is 2. The summed E-state index contributed by atoms with van der Waals surface area (Å²) in [5.41, 5.74) is 0.639. The van der Waals surface area contributed by atoms with Crippen molar-refractivity contribution in [1.29, 1.82) is 0 Å². The fourth-order valence-corrected chi connectivity index (χ4v) is 2.98. The normalized spacial score (nSPS) is 10.5. The summed E-state index contributed by atoms with van der Waals surface area (Å²) < 4.78 is 24.2. The Bertz CT molecular complexity index is 1140. The largest absolute Gasteiger partial charge is 0.493 e. The number of ether oxygens (including phenoxy) is 3. The van der Waals surface area contributed by atoms with Crippen LogP contribution in [-0.4, -0.2) is 29.2 Å². The molecule has 0 aliphatic rings. The molecule has 0 aliphatic carbocycles. The van der Waals surface area contributed by atoms with Crippen LogP contribution in [0.2, 0.25) is 0 Å². The number of carbonyl (C=O) groups is 1. The third kappa shape index (κ3) is 5.48. The van der Waals surface area contributed by atoms with Crippen LogP contribution in [0, 0.1) is 0 Å². The first kappa shape index (κ1) is 21.0. The zero-order valence-electron chi connectivity index (χ0n) is 17.6. The number of nitrogens with zero attached hydrogens (tertiary/aromatic N) is 2. The molecule has 0 radical (unpaired) electrons. The minimum absolute atomic E-state index is 0.179. The highest BCUT2D eigenvalue weighted by atomic mass is 16.5. The second-order valence-corrected chi connectivity index (χ2v) is 6.83. The molecule has 0 unspecified atom stereocenters. The van der Waals surface area contributed by atoms with E-state index in [0.717, 1.165) is 5.75 Å². The van der Waals surface area contributed by atoms with E-state index in [1.807, 2.05) is 29.0 Å². The molecule has 8 heteroatoms. The smallest absolute Gasteiger partial charge is 0.291 e. The first-order chi connectivity index (χ1) is 15.7. The van der Waals surface area contributed by atoms with E-state index < -0.39 is 0 Å². The van der Waals surface area contributed by atoms with Gasteiger partial charge in [0.25, 0.3) is 5.91 Å². The summed E-state index contributed by atoms with van der Waals surface area (Å²) in [4.78, 5) is 16.5. The number of methoxy groups -OCH3 is 1. The summed E-state index contributed by atoms with van der Waals surface area (Å²) >= 11 is 0. The van der Waals surface area contributed by atoms with Gasteiger partial charge in [-0.1, -0.05) is 12.1 Å². The van der Waals surface area contributed by atoms with Crippen molar-refractivity contribution in [3.8, 4) is 17.2 Å². The lowest BCUT2D eigenvalue weighted by molar-refractivity contribution is 0.0992. The molecule has 0 bridgehead atoms. The molecule has 4 aromatic rings. The minimum atomic E-state index is -0.345. The van der Waals surface area contributed by atoms with Crippen LogP contribution in [0.1, 0.15) is 16.3 Å². The number of carbonyl (C=O) groups excluding carboxylic acids is 1. The maximum absolute atomic E-state index is 12.5. The van der Waals surface area contributed by atoms with Gasteiger partial charge in [-0.15, -0.1) is 0 Å². The molecule has 0 saturated heterocycles. The van der Waals surface area contributed by atoms with E-state index in [4.69, 9.17) is 18.6 Å². The fraction of sp³-hybridized carbons (Fsp3) is 0.167. The SMILES string of the molecule is COc1ccccc1OCc1ccc(C(=O)Nc2ccc(OCCn3ccnc3)cc2)o1. The highest BCUT2D eigenvalue weighted by Crippen LogP contribution is 2.27. The number of rotatable bonds is 10. The highest BCUT2D eigenvalue weighted by molar-refractivity contribution is 6.02. The standard InChI is InChI=1S/C24H23N3O5/c1-29-21-4-2-3-5-22(21)31-16-20-10-11-23(32-20)24(28)26-18-6-8-19(9-7-18)30-15-14-27-13-12-25-17-27/h2-13,17H,14-16H2,1H3,(H,26,28). The number of amides is 1. The van der Waals surface area contributed by atoms with E-state index in [1.54, 1.807) is 62.1 Å². The Morgan fingerprint density at radius 1 is 1.03 bits per heavy atom. The molecule has 2 aromatic heterocycles. The van der Waals surface area contributed by atoms with Crippen molar-refractivity contribution < 1.29 is 23.4 Å². The molecule has 32 heavy (non-hydrogen) atoms. The highest BCUT2D eigenvalue weighted by Gasteiger charge is 2.13. The molecular weight excluding hydrogens is 410 g/mol. The van der Waals surface area contributed by atoms with Gasteiger partial charge in [-0.25, -0.2) is 4.98 Å². The Labute approximate surface area is 185 Å². The zero-order chi connectivity index (χ0) is 22.2. The number of imidazole rings is 1. The summed E-state index contributed by atoms with van der Waals surface area (Å²) in [6.07, 6.45) is 5.35. The predicted octanol–water partition coefficient (Wildman–Crippen LogP) is 4.40.